The van der Waals surface area contributed by atoms with Crippen LogP contribution in [0.15, 0.2) is 27.8 Å². The molecule has 3 atom stereocenters. The summed E-state index contributed by atoms with van der Waals surface area (Å²) in [6.45, 7) is 12.2. The third-order valence-corrected chi connectivity index (χ3v) is 5.87. The van der Waals surface area contributed by atoms with Crippen molar-refractivity contribution < 1.29 is 13.9 Å². The molecule has 0 radical (unpaired) electrons. The standard InChI is InChI=1S/C21H29N3O3S/c1-13-6-7-16(4)18(9-13)26-12-19-22-23-21(27-19)28-17(5)20(25)24-10-14(2)8-15(3)11-24/h6-7,9,14-15,17H,8,10-12H2,1-5H3. The van der Waals surface area contributed by atoms with E-state index in [9.17, 15) is 4.79 Å². The van der Waals surface area contributed by atoms with Crippen LogP contribution >= 0.6 is 11.8 Å². The van der Waals surface area contributed by atoms with Crippen molar-refractivity contribution in [3.8, 4) is 5.75 Å². The highest BCUT2D eigenvalue weighted by atomic mass is 32.2. The van der Waals surface area contributed by atoms with Crippen LogP contribution < -0.4 is 4.74 Å². The van der Waals surface area contributed by atoms with Gasteiger partial charge in [0.05, 0.1) is 5.25 Å². The summed E-state index contributed by atoms with van der Waals surface area (Å²) in [5, 5.41) is 8.25. The van der Waals surface area contributed by atoms with Gasteiger partial charge in [0, 0.05) is 13.1 Å². The molecular formula is C21H29N3O3S. The minimum absolute atomic E-state index is 0.134. The average molecular weight is 404 g/mol. The maximum atomic E-state index is 12.8. The summed E-state index contributed by atoms with van der Waals surface area (Å²) in [6.07, 6.45) is 1.18. The molecule has 0 aliphatic carbocycles. The van der Waals surface area contributed by atoms with Crippen LogP contribution in [0.25, 0.3) is 0 Å². The van der Waals surface area contributed by atoms with E-state index in [0.717, 1.165) is 30.0 Å². The van der Waals surface area contributed by atoms with E-state index in [0.29, 0.717) is 22.9 Å². The molecule has 0 N–H and O–H groups in total. The number of aromatic nitrogens is 2. The second-order valence-corrected chi connectivity index (χ2v) is 9.26. The van der Waals surface area contributed by atoms with Gasteiger partial charge < -0.3 is 14.1 Å². The molecule has 1 amide bonds. The van der Waals surface area contributed by atoms with Gasteiger partial charge in [0.1, 0.15) is 5.75 Å². The van der Waals surface area contributed by atoms with Crippen molar-refractivity contribution in [2.24, 2.45) is 11.8 Å². The van der Waals surface area contributed by atoms with E-state index >= 15 is 0 Å². The average Bonchev–Trinajstić information content (AvgIpc) is 3.08. The summed E-state index contributed by atoms with van der Waals surface area (Å²) in [5.74, 6) is 2.44. The molecule has 1 aliphatic heterocycles. The van der Waals surface area contributed by atoms with Gasteiger partial charge in [0.2, 0.25) is 5.91 Å². The van der Waals surface area contributed by atoms with Crippen molar-refractivity contribution >= 4 is 17.7 Å². The second kappa shape index (κ2) is 8.99. The van der Waals surface area contributed by atoms with Crippen LogP contribution in [-0.4, -0.2) is 39.3 Å². The number of rotatable bonds is 6. The number of carbonyl (C=O) groups excluding carboxylic acids is 1. The third-order valence-electron chi connectivity index (χ3n) is 4.95. The molecule has 1 fully saturated rings. The van der Waals surface area contributed by atoms with Crippen LogP contribution in [-0.2, 0) is 11.4 Å². The molecule has 152 valence electrons. The molecule has 1 aromatic heterocycles. The summed E-state index contributed by atoms with van der Waals surface area (Å²) < 4.78 is 11.5. The highest BCUT2D eigenvalue weighted by Gasteiger charge is 2.29. The van der Waals surface area contributed by atoms with Crippen LogP contribution in [0, 0.1) is 25.7 Å². The smallest absolute Gasteiger partial charge is 0.277 e. The molecule has 2 heterocycles. The van der Waals surface area contributed by atoms with Crippen LogP contribution in [0.5, 0.6) is 5.75 Å². The van der Waals surface area contributed by atoms with Crippen molar-refractivity contribution in [2.75, 3.05) is 13.1 Å². The Morgan fingerprint density at radius 2 is 2.00 bits per heavy atom. The summed E-state index contributed by atoms with van der Waals surface area (Å²) in [5.41, 5.74) is 2.19. The predicted molar refractivity (Wildman–Crippen MR) is 109 cm³/mol. The number of carbonyl (C=O) groups is 1. The second-order valence-electron chi connectivity index (χ2n) is 7.97. The number of hydrogen-bond donors (Lipinski definition) is 0. The van der Waals surface area contributed by atoms with Gasteiger partial charge in [0.25, 0.3) is 11.1 Å². The number of amides is 1. The number of hydrogen-bond acceptors (Lipinski definition) is 6. The SMILES string of the molecule is Cc1ccc(C)c(OCc2nnc(SC(C)C(=O)N3CC(C)CC(C)C3)o2)c1. The third kappa shape index (κ3) is 5.28. The lowest BCUT2D eigenvalue weighted by Crippen LogP contribution is -2.45. The first-order valence-electron chi connectivity index (χ1n) is 9.79. The van der Waals surface area contributed by atoms with Crippen molar-refractivity contribution in [3.63, 3.8) is 0 Å². The molecule has 0 bridgehead atoms. The molecule has 0 spiro atoms. The molecule has 6 nitrogen and oxygen atoms in total. The molecule has 3 rings (SSSR count). The number of thioether (sulfide) groups is 1. The van der Waals surface area contributed by atoms with Gasteiger partial charge in [-0.1, -0.05) is 37.7 Å². The van der Waals surface area contributed by atoms with Crippen LogP contribution in [0.4, 0.5) is 0 Å². The van der Waals surface area contributed by atoms with E-state index < -0.39 is 0 Å². The Bertz CT molecular complexity index is 813. The number of aryl methyl sites for hydroxylation is 2. The summed E-state index contributed by atoms with van der Waals surface area (Å²) in [7, 11) is 0. The number of benzene rings is 1. The molecule has 7 heteroatoms. The number of nitrogens with zero attached hydrogens (tertiary/aromatic N) is 3. The Balaban J connectivity index is 1.55. The van der Waals surface area contributed by atoms with Crippen LogP contribution in [0.2, 0.25) is 0 Å². The Morgan fingerprint density at radius 1 is 1.29 bits per heavy atom. The minimum Gasteiger partial charge on any atom is -0.484 e. The lowest BCUT2D eigenvalue weighted by Gasteiger charge is -2.36. The van der Waals surface area contributed by atoms with Gasteiger partial charge in [-0.05, 0) is 56.2 Å². The molecule has 2 aromatic rings. The Labute approximate surface area is 171 Å². The molecule has 0 saturated carbocycles. The minimum atomic E-state index is -0.259. The molecule has 1 aliphatic rings. The van der Waals surface area contributed by atoms with E-state index in [1.807, 2.05) is 43.9 Å². The maximum Gasteiger partial charge on any atom is 0.277 e. The van der Waals surface area contributed by atoms with E-state index in [-0.39, 0.29) is 17.8 Å². The van der Waals surface area contributed by atoms with Crippen molar-refractivity contribution in [1.29, 1.82) is 0 Å². The molecule has 1 saturated heterocycles. The normalized spacial score (nSPS) is 20.8. The zero-order valence-electron chi connectivity index (χ0n) is 17.3. The van der Waals surface area contributed by atoms with Gasteiger partial charge in [-0.2, -0.15) is 0 Å². The zero-order valence-corrected chi connectivity index (χ0v) is 18.1. The Morgan fingerprint density at radius 3 is 2.71 bits per heavy atom. The highest BCUT2D eigenvalue weighted by molar-refractivity contribution is 8.00. The molecule has 28 heavy (non-hydrogen) atoms. The Kier molecular flexibility index (Phi) is 6.65. The lowest BCUT2D eigenvalue weighted by molar-refractivity contribution is -0.132. The number of likely N-dealkylation sites (tertiary alicyclic amines) is 1. The first kappa shape index (κ1) is 20.7. The van der Waals surface area contributed by atoms with E-state index in [1.165, 1.54) is 18.2 Å². The lowest BCUT2D eigenvalue weighted by atomic mass is 9.92. The van der Waals surface area contributed by atoms with Gasteiger partial charge in [-0.15, -0.1) is 10.2 Å². The van der Waals surface area contributed by atoms with Crippen molar-refractivity contribution in [2.45, 2.75) is 58.1 Å². The van der Waals surface area contributed by atoms with E-state index in [1.54, 1.807) is 0 Å². The fourth-order valence-electron chi connectivity index (χ4n) is 3.65. The molecule has 1 aromatic carbocycles. The number of ether oxygens (including phenoxy) is 1. The largest absolute Gasteiger partial charge is 0.484 e. The van der Waals surface area contributed by atoms with Gasteiger partial charge in [-0.3, -0.25) is 4.79 Å². The van der Waals surface area contributed by atoms with Gasteiger partial charge >= 0.3 is 0 Å². The Hall–Kier alpha value is -2.02. The maximum absolute atomic E-state index is 12.8. The first-order chi connectivity index (χ1) is 13.3. The first-order valence-corrected chi connectivity index (χ1v) is 10.7. The summed E-state index contributed by atoms with van der Waals surface area (Å²) >= 11 is 1.31. The van der Waals surface area contributed by atoms with Gasteiger partial charge in [0.15, 0.2) is 6.61 Å². The quantitative estimate of drug-likeness (QED) is 0.672. The predicted octanol–water partition coefficient (Wildman–Crippen LogP) is 4.25. The summed E-state index contributed by atoms with van der Waals surface area (Å²) in [6, 6.07) is 6.06. The fraction of sp³-hybridized carbons (Fsp3) is 0.571. The van der Waals surface area contributed by atoms with Crippen molar-refractivity contribution in [3.05, 3.63) is 35.2 Å². The monoisotopic (exact) mass is 403 g/mol. The van der Waals surface area contributed by atoms with Crippen LogP contribution in [0.3, 0.4) is 0 Å². The summed E-state index contributed by atoms with van der Waals surface area (Å²) in [4.78, 5) is 14.7. The van der Waals surface area contributed by atoms with E-state index in [4.69, 9.17) is 9.15 Å². The number of piperidine rings is 1. The van der Waals surface area contributed by atoms with Gasteiger partial charge in [-0.25, -0.2) is 0 Å². The molecule has 3 unspecified atom stereocenters. The molecular weight excluding hydrogens is 374 g/mol. The van der Waals surface area contributed by atoms with Crippen molar-refractivity contribution in [1.82, 2.24) is 15.1 Å². The zero-order chi connectivity index (χ0) is 20.3. The van der Waals surface area contributed by atoms with E-state index in [2.05, 4.69) is 24.0 Å². The fourth-order valence-corrected chi connectivity index (χ4v) is 4.43. The highest BCUT2D eigenvalue weighted by Crippen LogP contribution is 2.27. The topological polar surface area (TPSA) is 68.5 Å². The van der Waals surface area contributed by atoms with Crippen LogP contribution in [0.1, 0.15) is 44.2 Å².